The van der Waals surface area contributed by atoms with E-state index in [1.165, 1.54) is 17.0 Å². The number of rotatable bonds is 5. The maximum Gasteiger partial charge on any atom is 0.573 e. The highest BCUT2D eigenvalue weighted by atomic mass is 19.4. The highest BCUT2D eigenvalue weighted by molar-refractivity contribution is 6.21. The highest BCUT2D eigenvalue weighted by Gasteiger charge is 2.43. The van der Waals surface area contributed by atoms with E-state index in [0.717, 1.165) is 39.2 Å². The summed E-state index contributed by atoms with van der Waals surface area (Å²) in [7, 11) is 3.74. The number of carbonyl (C=O) groups is 2. The number of carbonyl (C=O) groups excluding carboxylic acids is 2. The molecule has 1 unspecified atom stereocenters. The number of alkyl halides is 3. The van der Waals surface area contributed by atoms with Crippen LogP contribution in [0.4, 0.5) is 29.3 Å². The SMILES string of the molecule is CC1C(=O)N(c2ccc(OC(F)(F)F)cc2)C(=O)N1Cc1c(N(C)C)cnc2ccccc12. The van der Waals surface area contributed by atoms with Gasteiger partial charge < -0.3 is 14.5 Å². The van der Waals surface area contributed by atoms with Crippen molar-refractivity contribution in [2.24, 2.45) is 0 Å². The van der Waals surface area contributed by atoms with Crippen LogP contribution in [-0.4, -0.2) is 48.3 Å². The highest BCUT2D eigenvalue weighted by Crippen LogP contribution is 2.33. The molecule has 2 heterocycles. The lowest BCUT2D eigenvalue weighted by atomic mass is 10.1. The van der Waals surface area contributed by atoms with E-state index < -0.39 is 30.1 Å². The molecule has 3 amide bonds. The van der Waals surface area contributed by atoms with Gasteiger partial charge in [0, 0.05) is 25.0 Å². The lowest BCUT2D eigenvalue weighted by Gasteiger charge is -2.24. The minimum Gasteiger partial charge on any atom is -0.406 e. The number of halogens is 3. The Morgan fingerprint density at radius 3 is 2.36 bits per heavy atom. The summed E-state index contributed by atoms with van der Waals surface area (Å²) in [5, 5.41) is 0.864. The molecule has 0 radical (unpaired) electrons. The van der Waals surface area contributed by atoms with Crippen LogP contribution in [-0.2, 0) is 11.3 Å². The predicted octanol–water partition coefficient (Wildman–Crippen LogP) is 4.56. The number of fused-ring (bicyclic) bond motifs is 1. The van der Waals surface area contributed by atoms with Crippen LogP contribution in [0.25, 0.3) is 10.9 Å². The van der Waals surface area contributed by atoms with E-state index in [-0.39, 0.29) is 12.2 Å². The Morgan fingerprint density at radius 2 is 1.73 bits per heavy atom. The number of nitrogens with zero attached hydrogens (tertiary/aromatic N) is 4. The number of para-hydroxylation sites is 1. The number of hydrogen-bond donors (Lipinski definition) is 0. The molecule has 0 spiro atoms. The van der Waals surface area contributed by atoms with E-state index in [1.54, 1.807) is 13.1 Å². The first-order valence-electron chi connectivity index (χ1n) is 10.1. The quantitative estimate of drug-likeness (QED) is 0.525. The molecule has 7 nitrogen and oxygen atoms in total. The van der Waals surface area contributed by atoms with Gasteiger partial charge in [-0.05, 0) is 37.3 Å². The molecule has 1 fully saturated rings. The Morgan fingerprint density at radius 1 is 1.06 bits per heavy atom. The fourth-order valence-electron chi connectivity index (χ4n) is 3.86. The molecular weight excluding hydrogens is 437 g/mol. The number of amides is 3. The normalized spacial score (nSPS) is 16.6. The maximum absolute atomic E-state index is 13.3. The van der Waals surface area contributed by atoms with Crippen LogP contribution in [0, 0.1) is 0 Å². The molecule has 4 rings (SSSR count). The molecule has 0 N–H and O–H groups in total. The molecule has 10 heteroatoms. The number of ether oxygens (including phenoxy) is 1. The number of pyridine rings is 1. The molecule has 3 aromatic rings. The molecule has 0 aliphatic carbocycles. The van der Waals surface area contributed by atoms with Crippen LogP contribution < -0.4 is 14.5 Å². The topological polar surface area (TPSA) is 66.0 Å². The summed E-state index contributed by atoms with van der Waals surface area (Å²) >= 11 is 0. The van der Waals surface area contributed by atoms with Gasteiger partial charge in [0.2, 0.25) is 0 Å². The lowest BCUT2D eigenvalue weighted by molar-refractivity contribution is -0.274. The standard InChI is InChI=1S/C23H21F3N4O3/c1-14-21(31)30(15-8-10-16(11-9-15)33-23(24,25)26)22(32)29(14)13-18-17-6-4-5-7-19(17)27-12-20(18)28(2)3/h4-12,14H,13H2,1-3H3. The number of aromatic nitrogens is 1. The third kappa shape index (κ3) is 4.28. The second kappa shape index (κ2) is 8.27. The Kier molecular flexibility index (Phi) is 5.61. The average Bonchev–Trinajstić information content (AvgIpc) is 2.96. The molecule has 1 aliphatic rings. The van der Waals surface area contributed by atoms with Crippen molar-refractivity contribution in [3.05, 3.63) is 60.3 Å². The van der Waals surface area contributed by atoms with Crippen molar-refractivity contribution in [1.82, 2.24) is 9.88 Å². The van der Waals surface area contributed by atoms with Gasteiger partial charge in [-0.15, -0.1) is 13.2 Å². The van der Waals surface area contributed by atoms with Crippen LogP contribution in [0.3, 0.4) is 0 Å². The maximum atomic E-state index is 13.3. The van der Waals surface area contributed by atoms with E-state index in [2.05, 4.69) is 9.72 Å². The first kappa shape index (κ1) is 22.4. The van der Waals surface area contributed by atoms with Gasteiger partial charge in [0.25, 0.3) is 5.91 Å². The summed E-state index contributed by atoms with van der Waals surface area (Å²) in [6.45, 7) is 1.79. The molecule has 33 heavy (non-hydrogen) atoms. The van der Waals surface area contributed by atoms with Crippen molar-refractivity contribution < 1.29 is 27.5 Å². The number of hydrogen-bond acceptors (Lipinski definition) is 5. The molecule has 1 saturated heterocycles. The van der Waals surface area contributed by atoms with E-state index in [0.29, 0.717) is 0 Å². The summed E-state index contributed by atoms with van der Waals surface area (Å²) in [4.78, 5) is 35.0. The van der Waals surface area contributed by atoms with Gasteiger partial charge in [-0.25, -0.2) is 9.69 Å². The van der Waals surface area contributed by atoms with Crippen molar-refractivity contribution in [2.45, 2.75) is 25.9 Å². The van der Waals surface area contributed by atoms with Crippen LogP contribution in [0.2, 0.25) is 0 Å². The fourth-order valence-corrected chi connectivity index (χ4v) is 3.86. The number of imide groups is 1. The zero-order chi connectivity index (χ0) is 23.9. The Hall–Kier alpha value is -3.82. The van der Waals surface area contributed by atoms with Crippen LogP contribution in [0.15, 0.2) is 54.7 Å². The van der Waals surface area contributed by atoms with Crippen molar-refractivity contribution >= 4 is 34.2 Å². The Bertz CT molecular complexity index is 1210. The zero-order valence-corrected chi connectivity index (χ0v) is 18.1. The van der Waals surface area contributed by atoms with Gasteiger partial charge in [0.05, 0.1) is 29.6 Å². The smallest absolute Gasteiger partial charge is 0.406 e. The predicted molar refractivity (Wildman–Crippen MR) is 117 cm³/mol. The molecule has 172 valence electrons. The van der Waals surface area contributed by atoms with Crippen molar-refractivity contribution in [2.75, 3.05) is 23.9 Å². The number of benzene rings is 2. The fraction of sp³-hybridized carbons (Fsp3) is 0.261. The third-order valence-corrected chi connectivity index (χ3v) is 5.49. The van der Waals surface area contributed by atoms with Gasteiger partial charge in [-0.1, -0.05) is 18.2 Å². The van der Waals surface area contributed by atoms with E-state index in [4.69, 9.17) is 0 Å². The largest absolute Gasteiger partial charge is 0.573 e. The van der Waals surface area contributed by atoms with Gasteiger partial charge in [-0.2, -0.15) is 0 Å². The number of urea groups is 1. The first-order chi connectivity index (χ1) is 15.6. The molecular formula is C23H21F3N4O3. The number of anilines is 2. The van der Waals surface area contributed by atoms with Gasteiger partial charge in [-0.3, -0.25) is 9.78 Å². The second-order valence-corrected chi connectivity index (χ2v) is 7.84. The Labute approximate surface area is 188 Å². The van der Waals surface area contributed by atoms with E-state index in [1.807, 2.05) is 43.3 Å². The second-order valence-electron chi connectivity index (χ2n) is 7.84. The summed E-state index contributed by atoms with van der Waals surface area (Å²) in [6.07, 6.45) is -3.11. The monoisotopic (exact) mass is 458 g/mol. The average molecular weight is 458 g/mol. The molecule has 1 atom stereocenters. The molecule has 0 saturated carbocycles. The minimum absolute atomic E-state index is 0.161. The lowest BCUT2D eigenvalue weighted by Crippen LogP contribution is -2.34. The zero-order valence-electron chi connectivity index (χ0n) is 18.1. The van der Waals surface area contributed by atoms with Gasteiger partial charge >= 0.3 is 12.4 Å². The molecule has 0 bridgehead atoms. The van der Waals surface area contributed by atoms with E-state index in [9.17, 15) is 22.8 Å². The van der Waals surface area contributed by atoms with Crippen molar-refractivity contribution in [3.63, 3.8) is 0 Å². The van der Waals surface area contributed by atoms with Crippen molar-refractivity contribution in [3.8, 4) is 5.75 Å². The molecule has 1 aliphatic heterocycles. The van der Waals surface area contributed by atoms with Crippen molar-refractivity contribution in [1.29, 1.82) is 0 Å². The van der Waals surface area contributed by atoms with Crippen LogP contribution in [0.5, 0.6) is 5.75 Å². The minimum atomic E-state index is -4.83. The summed E-state index contributed by atoms with van der Waals surface area (Å²) in [5.74, 6) is -0.900. The summed E-state index contributed by atoms with van der Waals surface area (Å²) in [6, 6.07) is 10.9. The van der Waals surface area contributed by atoms with Crippen LogP contribution >= 0.6 is 0 Å². The van der Waals surface area contributed by atoms with Gasteiger partial charge in [0.1, 0.15) is 11.8 Å². The summed E-state index contributed by atoms with van der Waals surface area (Å²) in [5.41, 5.74) is 2.59. The molecule has 1 aromatic heterocycles. The third-order valence-electron chi connectivity index (χ3n) is 5.49. The van der Waals surface area contributed by atoms with Gasteiger partial charge in [0.15, 0.2) is 0 Å². The Balaban J connectivity index is 1.66. The first-order valence-corrected chi connectivity index (χ1v) is 10.1. The summed E-state index contributed by atoms with van der Waals surface area (Å²) < 4.78 is 41.1. The van der Waals surface area contributed by atoms with Crippen LogP contribution in [0.1, 0.15) is 12.5 Å². The molecule has 2 aromatic carbocycles. The van der Waals surface area contributed by atoms with E-state index >= 15 is 0 Å².